The van der Waals surface area contributed by atoms with Crippen LogP contribution in [-0.4, -0.2) is 18.0 Å². The van der Waals surface area contributed by atoms with Crippen LogP contribution in [0.2, 0.25) is 0 Å². The molecule has 0 aliphatic heterocycles. The van der Waals surface area contributed by atoms with E-state index in [4.69, 9.17) is 4.74 Å². The van der Waals surface area contributed by atoms with Crippen LogP contribution in [0.1, 0.15) is 5.56 Å². The van der Waals surface area contributed by atoms with Gasteiger partial charge in [-0.15, -0.1) is 0 Å². The first-order valence-corrected chi connectivity index (χ1v) is 7.45. The Balaban J connectivity index is 1.75. The molecule has 0 bridgehead atoms. The number of methoxy groups -OCH3 is 1. The van der Waals surface area contributed by atoms with Crippen LogP contribution >= 0.6 is 11.3 Å². The Morgan fingerprint density at radius 2 is 2.14 bits per heavy atom. The predicted molar refractivity (Wildman–Crippen MR) is 84.9 cm³/mol. The van der Waals surface area contributed by atoms with Gasteiger partial charge < -0.3 is 10.1 Å². The van der Waals surface area contributed by atoms with Crippen molar-refractivity contribution in [2.75, 3.05) is 12.4 Å². The van der Waals surface area contributed by atoms with Crippen molar-refractivity contribution in [3.63, 3.8) is 0 Å². The number of halogens is 1. The summed E-state index contributed by atoms with van der Waals surface area (Å²) < 4.78 is 19.6. The molecule has 0 atom stereocenters. The number of nitrogens with one attached hydrogen (secondary N) is 1. The van der Waals surface area contributed by atoms with Gasteiger partial charge in [0.15, 0.2) is 5.13 Å². The predicted octanol–water partition coefficient (Wildman–Crippen LogP) is 3.63. The quantitative estimate of drug-likeness (QED) is 0.800. The van der Waals surface area contributed by atoms with Crippen LogP contribution in [0.5, 0.6) is 5.75 Å². The van der Waals surface area contributed by atoms with E-state index < -0.39 is 0 Å². The fraction of sp³-hybridized carbons (Fsp3) is 0.125. The molecule has 0 radical (unpaired) electrons. The Morgan fingerprint density at radius 3 is 2.91 bits per heavy atom. The number of carbonyl (C=O) groups is 1. The first kappa shape index (κ1) is 14.5. The van der Waals surface area contributed by atoms with Gasteiger partial charge in [-0.05, 0) is 29.8 Å². The number of benzene rings is 2. The van der Waals surface area contributed by atoms with Gasteiger partial charge in [0.2, 0.25) is 5.91 Å². The Kier molecular flexibility index (Phi) is 4.02. The number of carbonyl (C=O) groups excluding carboxylic acids is 1. The summed E-state index contributed by atoms with van der Waals surface area (Å²) in [5.41, 5.74) is 1.15. The third-order valence-corrected chi connectivity index (χ3v) is 4.08. The second-order valence-electron chi connectivity index (χ2n) is 4.67. The van der Waals surface area contributed by atoms with Gasteiger partial charge in [0.1, 0.15) is 11.6 Å². The van der Waals surface area contributed by atoms with Crippen LogP contribution in [0, 0.1) is 5.82 Å². The minimum atomic E-state index is -0.383. The van der Waals surface area contributed by atoms with Gasteiger partial charge in [-0.2, -0.15) is 0 Å². The van der Waals surface area contributed by atoms with Crippen molar-refractivity contribution in [2.24, 2.45) is 0 Å². The monoisotopic (exact) mass is 316 g/mol. The van der Waals surface area contributed by atoms with Crippen LogP contribution in [0.3, 0.4) is 0 Å². The number of nitrogens with zero attached hydrogens (tertiary/aromatic N) is 1. The van der Waals surface area contributed by atoms with Crippen molar-refractivity contribution in [1.29, 1.82) is 0 Å². The Labute approximate surface area is 130 Å². The second kappa shape index (κ2) is 6.11. The highest BCUT2D eigenvalue weighted by Crippen LogP contribution is 2.29. The SMILES string of the molecule is COc1ccc2nc(NC(=O)Cc3ccccc3F)sc2c1. The fourth-order valence-electron chi connectivity index (χ4n) is 2.06. The van der Waals surface area contributed by atoms with Gasteiger partial charge in [0.05, 0.1) is 23.7 Å². The van der Waals surface area contributed by atoms with Gasteiger partial charge in [-0.1, -0.05) is 29.5 Å². The van der Waals surface area contributed by atoms with Gasteiger partial charge in [-0.25, -0.2) is 9.37 Å². The van der Waals surface area contributed by atoms with Gasteiger partial charge >= 0.3 is 0 Å². The number of ether oxygens (including phenoxy) is 1. The van der Waals surface area contributed by atoms with Crippen LogP contribution in [0.4, 0.5) is 9.52 Å². The zero-order valence-electron chi connectivity index (χ0n) is 11.8. The van der Waals surface area contributed by atoms with E-state index in [-0.39, 0.29) is 18.1 Å². The minimum Gasteiger partial charge on any atom is -0.497 e. The zero-order chi connectivity index (χ0) is 15.5. The number of hydrogen-bond donors (Lipinski definition) is 1. The van der Waals surface area contributed by atoms with Crippen LogP contribution in [0.25, 0.3) is 10.2 Å². The number of rotatable bonds is 4. The van der Waals surface area contributed by atoms with E-state index in [1.807, 2.05) is 18.2 Å². The number of hydrogen-bond acceptors (Lipinski definition) is 4. The summed E-state index contributed by atoms with van der Waals surface area (Å²) in [7, 11) is 1.60. The first-order valence-electron chi connectivity index (χ1n) is 6.63. The Bertz CT molecular complexity index is 832. The number of amides is 1. The van der Waals surface area contributed by atoms with Crippen molar-refractivity contribution < 1.29 is 13.9 Å². The van der Waals surface area contributed by atoms with E-state index in [1.54, 1.807) is 25.3 Å². The molecule has 3 aromatic rings. The van der Waals surface area contributed by atoms with Crippen LogP contribution < -0.4 is 10.1 Å². The lowest BCUT2D eigenvalue weighted by molar-refractivity contribution is -0.115. The van der Waals surface area contributed by atoms with E-state index >= 15 is 0 Å². The molecule has 2 aromatic carbocycles. The standard InChI is InChI=1S/C16H13FN2O2S/c1-21-11-6-7-13-14(9-11)22-16(18-13)19-15(20)8-10-4-2-3-5-12(10)17/h2-7,9H,8H2,1H3,(H,18,19,20). The number of anilines is 1. The molecular weight excluding hydrogens is 303 g/mol. The molecule has 0 saturated heterocycles. The number of aromatic nitrogens is 1. The van der Waals surface area contributed by atoms with Gasteiger partial charge in [-0.3, -0.25) is 4.79 Å². The molecule has 1 aromatic heterocycles. The maximum absolute atomic E-state index is 13.5. The van der Waals surface area contributed by atoms with Gasteiger partial charge in [0.25, 0.3) is 0 Å². The summed E-state index contributed by atoms with van der Waals surface area (Å²) in [6.45, 7) is 0. The largest absolute Gasteiger partial charge is 0.497 e. The molecule has 0 aliphatic rings. The molecule has 112 valence electrons. The van der Waals surface area contributed by atoms with Crippen molar-refractivity contribution >= 4 is 32.6 Å². The lowest BCUT2D eigenvalue weighted by Gasteiger charge is -2.02. The van der Waals surface area contributed by atoms with E-state index in [9.17, 15) is 9.18 Å². The summed E-state index contributed by atoms with van der Waals surface area (Å²) in [5.74, 6) is 0.0585. The summed E-state index contributed by atoms with van der Waals surface area (Å²) in [6.07, 6.45) is -0.0219. The fourth-order valence-corrected chi connectivity index (χ4v) is 2.97. The highest BCUT2D eigenvalue weighted by atomic mass is 32.1. The molecule has 4 nitrogen and oxygen atoms in total. The highest BCUT2D eigenvalue weighted by Gasteiger charge is 2.11. The average Bonchev–Trinajstić information content (AvgIpc) is 2.90. The maximum atomic E-state index is 13.5. The number of thiazole rings is 1. The zero-order valence-corrected chi connectivity index (χ0v) is 12.6. The number of fused-ring (bicyclic) bond motifs is 1. The Morgan fingerprint density at radius 1 is 1.32 bits per heavy atom. The lowest BCUT2D eigenvalue weighted by atomic mass is 10.1. The molecule has 1 amide bonds. The summed E-state index contributed by atoms with van der Waals surface area (Å²) in [6, 6.07) is 11.7. The molecule has 6 heteroatoms. The third-order valence-electron chi connectivity index (χ3n) is 3.15. The molecule has 3 rings (SSSR count). The van der Waals surface area contributed by atoms with Crippen molar-refractivity contribution in [3.05, 3.63) is 53.8 Å². The average molecular weight is 316 g/mol. The molecule has 0 spiro atoms. The van der Waals surface area contributed by atoms with E-state index in [0.717, 1.165) is 16.0 Å². The van der Waals surface area contributed by atoms with Crippen molar-refractivity contribution in [1.82, 2.24) is 4.98 Å². The van der Waals surface area contributed by atoms with Crippen LogP contribution in [-0.2, 0) is 11.2 Å². The van der Waals surface area contributed by atoms with E-state index in [2.05, 4.69) is 10.3 Å². The molecule has 0 saturated carbocycles. The summed E-state index contributed by atoms with van der Waals surface area (Å²) in [4.78, 5) is 16.3. The molecule has 0 aliphatic carbocycles. The van der Waals surface area contributed by atoms with Gasteiger partial charge in [0, 0.05) is 0 Å². The Hall–Kier alpha value is -2.47. The van der Waals surface area contributed by atoms with Crippen molar-refractivity contribution in [2.45, 2.75) is 6.42 Å². The smallest absolute Gasteiger partial charge is 0.230 e. The maximum Gasteiger partial charge on any atom is 0.230 e. The molecule has 0 fully saturated rings. The molecule has 22 heavy (non-hydrogen) atoms. The first-order chi connectivity index (χ1) is 10.7. The molecular formula is C16H13FN2O2S. The highest BCUT2D eigenvalue weighted by molar-refractivity contribution is 7.22. The molecule has 1 heterocycles. The third kappa shape index (κ3) is 3.07. The topological polar surface area (TPSA) is 51.2 Å². The molecule has 0 unspecified atom stereocenters. The lowest BCUT2D eigenvalue weighted by Crippen LogP contribution is -2.14. The van der Waals surface area contributed by atoms with Crippen LogP contribution in [0.15, 0.2) is 42.5 Å². The normalized spacial score (nSPS) is 10.6. The summed E-state index contributed by atoms with van der Waals surface area (Å²) in [5, 5.41) is 3.20. The molecule has 1 N–H and O–H groups in total. The van der Waals surface area contributed by atoms with Crippen molar-refractivity contribution in [3.8, 4) is 5.75 Å². The van der Waals surface area contributed by atoms with E-state index in [0.29, 0.717) is 10.7 Å². The minimum absolute atomic E-state index is 0.0219. The summed E-state index contributed by atoms with van der Waals surface area (Å²) >= 11 is 1.35. The second-order valence-corrected chi connectivity index (χ2v) is 5.70. The van der Waals surface area contributed by atoms with E-state index in [1.165, 1.54) is 17.4 Å².